The summed E-state index contributed by atoms with van der Waals surface area (Å²) in [6, 6.07) is 11.6. The first-order chi connectivity index (χ1) is 10.7. The average Bonchev–Trinajstić information content (AvgIpc) is 3.19. The molecular formula is C17H21N3O2. The van der Waals surface area contributed by atoms with Crippen molar-refractivity contribution in [3.05, 3.63) is 54.2 Å². The second-order valence-corrected chi connectivity index (χ2v) is 5.34. The fourth-order valence-electron chi connectivity index (χ4n) is 2.85. The largest absolute Gasteiger partial charge is 0.468 e. The van der Waals surface area contributed by atoms with Crippen LogP contribution < -0.4 is 5.32 Å². The minimum Gasteiger partial charge on any atom is -0.468 e. The van der Waals surface area contributed by atoms with Gasteiger partial charge >= 0.3 is 0 Å². The van der Waals surface area contributed by atoms with Gasteiger partial charge in [0.2, 0.25) is 0 Å². The van der Waals surface area contributed by atoms with Gasteiger partial charge in [-0.2, -0.15) is 0 Å². The molecule has 22 heavy (non-hydrogen) atoms. The maximum Gasteiger partial charge on any atom is 0.126 e. The average molecular weight is 299 g/mol. The molecule has 2 heterocycles. The molecule has 3 aromatic rings. The summed E-state index contributed by atoms with van der Waals surface area (Å²) in [5.74, 6) is 1.70. The van der Waals surface area contributed by atoms with Gasteiger partial charge in [0.15, 0.2) is 0 Å². The molecule has 0 fully saturated rings. The molecule has 0 saturated heterocycles. The minimum atomic E-state index is -0.241. The summed E-state index contributed by atoms with van der Waals surface area (Å²) in [6.45, 7) is 5.00. The topological polar surface area (TPSA) is 63.2 Å². The predicted octanol–water partition coefficient (Wildman–Crippen LogP) is 3.03. The van der Waals surface area contributed by atoms with Crippen molar-refractivity contribution in [2.75, 3.05) is 6.61 Å². The highest BCUT2D eigenvalue weighted by Crippen LogP contribution is 2.23. The van der Waals surface area contributed by atoms with Crippen LogP contribution in [0.25, 0.3) is 11.0 Å². The summed E-state index contributed by atoms with van der Waals surface area (Å²) < 4.78 is 7.59. The van der Waals surface area contributed by atoms with Crippen molar-refractivity contribution in [2.24, 2.45) is 0 Å². The molecule has 5 nitrogen and oxygen atoms in total. The number of imidazole rings is 1. The van der Waals surface area contributed by atoms with Gasteiger partial charge in [-0.05, 0) is 38.1 Å². The van der Waals surface area contributed by atoms with E-state index in [1.54, 1.807) is 6.26 Å². The molecule has 0 saturated carbocycles. The van der Waals surface area contributed by atoms with Crippen LogP contribution in [0, 0.1) is 0 Å². The first kappa shape index (κ1) is 14.8. The van der Waals surface area contributed by atoms with Crippen molar-refractivity contribution in [1.82, 2.24) is 14.9 Å². The van der Waals surface area contributed by atoms with E-state index in [1.165, 1.54) is 0 Å². The van der Waals surface area contributed by atoms with Gasteiger partial charge in [0.1, 0.15) is 11.6 Å². The highest BCUT2D eigenvalue weighted by Gasteiger charge is 2.21. The number of rotatable bonds is 6. The predicted molar refractivity (Wildman–Crippen MR) is 85.5 cm³/mol. The number of para-hydroxylation sites is 2. The molecule has 0 radical (unpaired) electrons. The number of nitrogens with zero attached hydrogens (tertiary/aromatic N) is 2. The minimum absolute atomic E-state index is 0.00500. The van der Waals surface area contributed by atoms with Gasteiger partial charge in [-0.3, -0.25) is 5.32 Å². The number of aliphatic hydroxyl groups is 1. The van der Waals surface area contributed by atoms with Crippen molar-refractivity contribution >= 4 is 11.0 Å². The highest BCUT2D eigenvalue weighted by atomic mass is 16.3. The molecule has 0 aliphatic carbocycles. The maximum atomic E-state index is 9.61. The smallest absolute Gasteiger partial charge is 0.126 e. The van der Waals surface area contributed by atoms with Crippen LogP contribution in [0.15, 0.2) is 47.1 Å². The monoisotopic (exact) mass is 299 g/mol. The van der Waals surface area contributed by atoms with Gasteiger partial charge in [-0.1, -0.05) is 12.1 Å². The van der Waals surface area contributed by atoms with Crippen LogP contribution in [0.2, 0.25) is 0 Å². The summed E-state index contributed by atoms with van der Waals surface area (Å²) in [5.41, 5.74) is 2.12. The second-order valence-electron chi connectivity index (χ2n) is 5.34. The van der Waals surface area contributed by atoms with Crippen LogP contribution in [0.1, 0.15) is 37.5 Å². The molecule has 3 rings (SSSR count). The molecule has 2 unspecified atom stereocenters. The van der Waals surface area contributed by atoms with Crippen LogP contribution in [0.4, 0.5) is 0 Å². The zero-order valence-electron chi connectivity index (χ0n) is 12.9. The summed E-state index contributed by atoms with van der Waals surface area (Å²) >= 11 is 0. The van der Waals surface area contributed by atoms with Gasteiger partial charge in [0.25, 0.3) is 0 Å². The molecule has 116 valence electrons. The van der Waals surface area contributed by atoms with Crippen molar-refractivity contribution in [2.45, 2.75) is 32.5 Å². The van der Waals surface area contributed by atoms with E-state index in [-0.39, 0.29) is 18.7 Å². The van der Waals surface area contributed by atoms with E-state index < -0.39 is 0 Å². The molecule has 2 aromatic heterocycles. The number of benzene rings is 1. The maximum absolute atomic E-state index is 9.61. The Bertz CT molecular complexity index is 734. The summed E-state index contributed by atoms with van der Waals surface area (Å²) in [7, 11) is 0. The van der Waals surface area contributed by atoms with E-state index in [2.05, 4.69) is 29.8 Å². The van der Waals surface area contributed by atoms with Crippen LogP contribution in [0.5, 0.6) is 0 Å². The fourth-order valence-corrected chi connectivity index (χ4v) is 2.85. The van der Waals surface area contributed by atoms with Crippen molar-refractivity contribution < 1.29 is 9.52 Å². The Kier molecular flexibility index (Phi) is 4.27. The Hall–Kier alpha value is -2.11. The van der Waals surface area contributed by atoms with Crippen LogP contribution in [-0.4, -0.2) is 21.3 Å². The lowest BCUT2D eigenvalue weighted by molar-refractivity contribution is 0.215. The molecule has 2 atom stereocenters. The van der Waals surface area contributed by atoms with Crippen LogP contribution in [0.3, 0.4) is 0 Å². The zero-order valence-corrected chi connectivity index (χ0v) is 12.9. The summed E-state index contributed by atoms with van der Waals surface area (Å²) in [4.78, 5) is 4.74. The Labute approximate surface area is 129 Å². The second kappa shape index (κ2) is 6.34. The van der Waals surface area contributed by atoms with Gasteiger partial charge < -0.3 is 14.1 Å². The van der Waals surface area contributed by atoms with Crippen molar-refractivity contribution in [3.63, 3.8) is 0 Å². The highest BCUT2D eigenvalue weighted by molar-refractivity contribution is 5.76. The third-order valence-corrected chi connectivity index (χ3v) is 3.91. The van der Waals surface area contributed by atoms with Gasteiger partial charge in [-0.15, -0.1) is 0 Å². The number of nitrogens with one attached hydrogen (secondary N) is 1. The molecule has 1 aromatic carbocycles. The van der Waals surface area contributed by atoms with Gasteiger partial charge in [0.05, 0.1) is 36.0 Å². The number of aryl methyl sites for hydroxylation is 1. The third kappa shape index (κ3) is 2.65. The number of hydrogen-bond donors (Lipinski definition) is 2. The van der Waals surface area contributed by atoms with E-state index in [4.69, 9.17) is 9.40 Å². The lowest BCUT2D eigenvalue weighted by atomic mass is 10.2. The Morgan fingerprint density at radius 2 is 2.09 bits per heavy atom. The summed E-state index contributed by atoms with van der Waals surface area (Å²) in [5, 5.41) is 13.0. The Morgan fingerprint density at radius 1 is 1.27 bits per heavy atom. The van der Waals surface area contributed by atoms with Gasteiger partial charge in [-0.25, -0.2) is 4.98 Å². The standard InChI is InChI=1S/C17H21N3O2/c1-3-20-15-8-5-4-7-13(15)19-17(20)12(2)18-14(11-21)16-9-6-10-22-16/h4-10,12,14,18,21H,3,11H2,1-2H3. The molecular weight excluding hydrogens is 278 g/mol. The quantitative estimate of drug-likeness (QED) is 0.734. The van der Waals surface area contributed by atoms with Crippen LogP contribution in [-0.2, 0) is 6.54 Å². The first-order valence-corrected chi connectivity index (χ1v) is 7.60. The van der Waals surface area contributed by atoms with E-state index in [0.717, 1.165) is 29.2 Å². The number of aliphatic hydroxyl groups excluding tert-OH is 1. The Morgan fingerprint density at radius 3 is 2.77 bits per heavy atom. The van der Waals surface area contributed by atoms with Crippen molar-refractivity contribution in [1.29, 1.82) is 0 Å². The molecule has 0 aliphatic rings. The number of furan rings is 1. The lowest BCUT2D eigenvalue weighted by Crippen LogP contribution is -2.28. The molecule has 5 heteroatoms. The van der Waals surface area contributed by atoms with Crippen LogP contribution >= 0.6 is 0 Å². The number of aromatic nitrogens is 2. The van der Waals surface area contributed by atoms with Gasteiger partial charge in [0, 0.05) is 6.54 Å². The fraction of sp³-hybridized carbons (Fsp3) is 0.353. The molecule has 0 bridgehead atoms. The first-order valence-electron chi connectivity index (χ1n) is 7.60. The van der Waals surface area contributed by atoms with E-state index >= 15 is 0 Å². The molecule has 0 spiro atoms. The molecule has 0 aliphatic heterocycles. The third-order valence-electron chi connectivity index (χ3n) is 3.91. The Balaban J connectivity index is 1.90. The molecule has 0 amide bonds. The van der Waals surface area contributed by atoms with Crippen molar-refractivity contribution in [3.8, 4) is 0 Å². The summed E-state index contributed by atoms with van der Waals surface area (Å²) in [6.07, 6.45) is 1.62. The lowest BCUT2D eigenvalue weighted by Gasteiger charge is -2.20. The van der Waals surface area contributed by atoms with E-state index in [1.807, 2.05) is 30.3 Å². The SMILES string of the molecule is CCn1c(C(C)NC(CO)c2ccco2)nc2ccccc21. The molecule has 2 N–H and O–H groups in total. The number of fused-ring (bicyclic) bond motifs is 1. The van der Waals surface area contributed by atoms with E-state index in [9.17, 15) is 5.11 Å². The van der Waals surface area contributed by atoms with E-state index in [0.29, 0.717) is 0 Å². The normalized spacial score (nSPS) is 14.3. The zero-order chi connectivity index (χ0) is 15.5. The number of hydrogen-bond acceptors (Lipinski definition) is 4.